The standard InChI is InChI=1S/C14H11F3S.H3N/c15-14(16,17)12-8-6-11(7-9-12)10-18-13-4-2-1-3-5-13;/h1-9H,10H2;1H3. The van der Waals surface area contributed by atoms with Crippen LogP contribution in [0.25, 0.3) is 0 Å². The molecule has 0 atom stereocenters. The van der Waals surface area contributed by atoms with E-state index in [2.05, 4.69) is 0 Å². The maximum Gasteiger partial charge on any atom is 0.416 e. The first-order chi connectivity index (χ1) is 8.55. The predicted molar refractivity (Wildman–Crippen MR) is 72.5 cm³/mol. The highest BCUT2D eigenvalue weighted by Crippen LogP contribution is 2.30. The van der Waals surface area contributed by atoms with E-state index in [-0.39, 0.29) is 6.15 Å². The Morgan fingerprint density at radius 1 is 0.842 bits per heavy atom. The number of halogens is 3. The molecule has 3 N–H and O–H groups in total. The fourth-order valence-corrected chi connectivity index (χ4v) is 2.35. The largest absolute Gasteiger partial charge is 0.416 e. The predicted octanol–water partition coefficient (Wildman–Crippen LogP) is 5.16. The minimum atomic E-state index is -4.26. The Morgan fingerprint density at radius 3 is 1.95 bits per heavy atom. The van der Waals surface area contributed by atoms with E-state index >= 15 is 0 Å². The van der Waals surface area contributed by atoms with E-state index in [1.807, 2.05) is 30.3 Å². The summed E-state index contributed by atoms with van der Waals surface area (Å²) in [5.74, 6) is 0.669. The third-order valence-corrected chi connectivity index (χ3v) is 3.51. The van der Waals surface area contributed by atoms with E-state index in [4.69, 9.17) is 0 Å². The van der Waals surface area contributed by atoms with Crippen molar-refractivity contribution in [3.63, 3.8) is 0 Å². The number of alkyl halides is 3. The maximum absolute atomic E-state index is 12.4. The van der Waals surface area contributed by atoms with Crippen molar-refractivity contribution in [3.8, 4) is 0 Å². The van der Waals surface area contributed by atoms with Crippen LogP contribution in [-0.4, -0.2) is 0 Å². The van der Waals surface area contributed by atoms with Gasteiger partial charge in [0.05, 0.1) is 5.56 Å². The lowest BCUT2D eigenvalue weighted by molar-refractivity contribution is -0.137. The average Bonchev–Trinajstić information content (AvgIpc) is 2.37. The van der Waals surface area contributed by atoms with Gasteiger partial charge in [-0.25, -0.2) is 0 Å². The molecule has 2 aromatic rings. The van der Waals surface area contributed by atoms with Crippen molar-refractivity contribution in [1.82, 2.24) is 6.15 Å². The van der Waals surface area contributed by atoms with E-state index in [1.165, 1.54) is 12.1 Å². The quantitative estimate of drug-likeness (QED) is 0.790. The Bertz CT molecular complexity index is 494. The molecule has 0 saturated carbocycles. The Kier molecular flexibility index (Phi) is 5.44. The molecule has 0 bridgehead atoms. The van der Waals surface area contributed by atoms with Crippen LogP contribution in [0.4, 0.5) is 13.2 Å². The van der Waals surface area contributed by atoms with Crippen LogP contribution < -0.4 is 6.15 Å². The summed E-state index contributed by atoms with van der Waals surface area (Å²) >= 11 is 1.61. The van der Waals surface area contributed by atoms with E-state index in [0.717, 1.165) is 22.6 Å². The molecule has 5 heteroatoms. The number of hydrogen-bond acceptors (Lipinski definition) is 2. The SMILES string of the molecule is FC(F)(F)c1ccc(CSc2ccccc2)cc1.N. The monoisotopic (exact) mass is 285 g/mol. The Morgan fingerprint density at radius 2 is 1.42 bits per heavy atom. The van der Waals surface area contributed by atoms with Crippen molar-refractivity contribution in [2.45, 2.75) is 16.8 Å². The zero-order valence-electron chi connectivity index (χ0n) is 10.2. The Hall–Kier alpha value is -1.46. The molecule has 0 unspecified atom stereocenters. The molecule has 0 amide bonds. The van der Waals surface area contributed by atoms with Crippen molar-refractivity contribution in [2.75, 3.05) is 0 Å². The normalized spacial score (nSPS) is 10.9. The summed E-state index contributed by atoms with van der Waals surface area (Å²) < 4.78 is 37.1. The van der Waals surface area contributed by atoms with Gasteiger partial charge >= 0.3 is 6.18 Å². The number of hydrogen-bond donors (Lipinski definition) is 1. The van der Waals surface area contributed by atoms with Gasteiger partial charge < -0.3 is 6.15 Å². The molecule has 0 radical (unpaired) electrons. The highest BCUT2D eigenvalue weighted by Gasteiger charge is 2.29. The summed E-state index contributed by atoms with van der Waals surface area (Å²) in [4.78, 5) is 1.11. The summed E-state index contributed by atoms with van der Waals surface area (Å²) in [5, 5.41) is 0. The minimum Gasteiger partial charge on any atom is -0.344 e. The van der Waals surface area contributed by atoms with Gasteiger partial charge in [-0.2, -0.15) is 13.2 Å². The molecule has 0 spiro atoms. The van der Waals surface area contributed by atoms with Gasteiger partial charge in [0.1, 0.15) is 0 Å². The first kappa shape index (κ1) is 15.6. The summed E-state index contributed by atoms with van der Waals surface area (Å²) in [6.07, 6.45) is -4.26. The van der Waals surface area contributed by atoms with Crippen molar-refractivity contribution < 1.29 is 13.2 Å². The lowest BCUT2D eigenvalue weighted by atomic mass is 10.1. The summed E-state index contributed by atoms with van der Waals surface area (Å²) in [6, 6.07) is 15.1. The third-order valence-electron chi connectivity index (χ3n) is 2.43. The lowest BCUT2D eigenvalue weighted by Crippen LogP contribution is -2.04. The number of benzene rings is 2. The Labute approximate surface area is 114 Å². The van der Waals surface area contributed by atoms with E-state index in [9.17, 15) is 13.2 Å². The third kappa shape index (κ3) is 4.61. The fraction of sp³-hybridized carbons (Fsp3) is 0.143. The maximum atomic E-state index is 12.4. The Balaban J connectivity index is 0.00000180. The molecule has 0 aromatic heterocycles. The van der Waals surface area contributed by atoms with Crippen LogP contribution in [0.5, 0.6) is 0 Å². The van der Waals surface area contributed by atoms with Gasteiger partial charge in [0.2, 0.25) is 0 Å². The smallest absolute Gasteiger partial charge is 0.344 e. The molecule has 0 saturated heterocycles. The highest BCUT2D eigenvalue weighted by atomic mass is 32.2. The molecule has 2 aromatic carbocycles. The number of thioether (sulfide) groups is 1. The van der Waals surface area contributed by atoms with Crippen molar-refractivity contribution in [1.29, 1.82) is 0 Å². The lowest BCUT2D eigenvalue weighted by Gasteiger charge is -2.07. The van der Waals surface area contributed by atoms with Crippen LogP contribution in [0.15, 0.2) is 59.5 Å². The molecule has 19 heavy (non-hydrogen) atoms. The average molecular weight is 285 g/mol. The van der Waals surface area contributed by atoms with Gasteiger partial charge in [-0.05, 0) is 29.8 Å². The molecule has 0 aliphatic heterocycles. The molecule has 0 aliphatic carbocycles. The van der Waals surface area contributed by atoms with Crippen LogP contribution in [0.1, 0.15) is 11.1 Å². The molecule has 2 rings (SSSR count). The minimum absolute atomic E-state index is 0. The topological polar surface area (TPSA) is 35.0 Å². The van der Waals surface area contributed by atoms with Crippen LogP contribution in [0.2, 0.25) is 0 Å². The van der Waals surface area contributed by atoms with Crippen LogP contribution in [0.3, 0.4) is 0 Å². The van der Waals surface area contributed by atoms with Crippen LogP contribution in [-0.2, 0) is 11.9 Å². The van der Waals surface area contributed by atoms with Gasteiger partial charge in [-0.3, -0.25) is 0 Å². The van der Waals surface area contributed by atoms with E-state index in [1.54, 1.807) is 11.8 Å². The fourth-order valence-electron chi connectivity index (χ4n) is 1.47. The van der Waals surface area contributed by atoms with Crippen molar-refractivity contribution >= 4 is 11.8 Å². The summed E-state index contributed by atoms with van der Waals surface area (Å²) in [7, 11) is 0. The first-order valence-corrected chi connectivity index (χ1v) is 6.38. The zero-order chi connectivity index (χ0) is 13.0. The van der Waals surface area contributed by atoms with E-state index in [0.29, 0.717) is 5.75 Å². The van der Waals surface area contributed by atoms with E-state index < -0.39 is 11.7 Å². The molecule has 1 nitrogen and oxygen atoms in total. The first-order valence-electron chi connectivity index (χ1n) is 5.40. The molecular weight excluding hydrogens is 271 g/mol. The van der Waals surface area contributed by atoms with Crippen LogP contribution in [0, 0.1) is 0 Å². The van der Waals surface area contributed by atoms with Gasteiger partial charge in [0, 0.05) is 10.6 Å². The molecule has 0 aliphatic rings. The van der Waals surface area contributed by atoms with Gasteiger partial charge in [0.15, 0.2) is 0 Å². The van der Waals surface area contributed by atoms with Crippen molar-refractivity contribution in [3.05, 3.63) is 65.7 Å². The molecule has 0 fully saturated rings. The highest BCUT2D eigenvalue weighted by molar-refractivity contribution is 7.98. The summed E-state index contributed by atoms with van der Waals surface area (Å²) in [5.41, 5.74) is 0.285. The number of rotatable bonds is 3. The van der Waals surface area contributed by atoms with Gasteiger partial charge in [-0.15, -0.1) is 11.8 Å². The summed E-state index contributed by atoms with van der Waals surface area (Å²) in [6.45, 7) is 0. The van der Waals surface area contributed by atoms with Gasteiger partial charge in [-0.1, -0.05) is 30.3 Å². The second-order valence-electron chi connectivity index (χ2n) is 3.80. The van der Waals surface area contributed by atoms with Gasteiger partial charge in [0.25, 0.3) is 0 Å². The second kappa shape index (κ2) is 6.63. The molecule has 102 valence electrons. The van der Waals surface area contributed by atoms with Crippen molar-refractivity contribution in [2.24, 2.45) is 0 Å². The second-order valence-corrected chi connectivity index (χ2v) is 4.85. The molecule has 0 heterocycles. The molecular formula is C14H14F3NS. The van der Waals surface area contributed by atoms with Crippen LogP contribution >= 0.6 is 11.8 Å². The zero-order valence-corrected chi connectivity index (χ0v) is 11.0.